The third-order valence-corrected chi connectivity index (χ3v) is 8.71. The maximum Gasteiger partial charge on any atom is 0.343 e. The molecule has 2 aromatic carbocycles. The van der Waals surface area contributed by atoms with Gasteiger partial charge in [-0.2, -0.15) is 0 Å². The molecule has 264 valence electrons. The smallest absolute Gasteiger partial charge is 0.343 e. The van der Waals surface area contributed by atoms with Crippen molar-refractivity contribution in [2.45, 2.75) is 84.5 Å². The van der Waals surface area contributed by atoms with Crippen LogP contribution in [0.1, 0.15) is 99.5 Å². The molecule has 0 bridgehead atoms. The van der Waals surface area contributed by atoms with Crippen LogP contribution in [-0.4, -0.2) is 30.9 Å². The van der Waals surface area contributed by atoms with E-state index in [4.69, 9.17) is 19.9 Å². The van der Waals surface area contributed by atoms with Gasteiger partial charge in [0.05, 0.1) is 18.8 Å². The Balaban J connectivity index is 1.16. The van der Waals surface area contributed by atoms with E-state index in [1.54, 1.807) is 37.3 Å². The molecule has 0 fully saturated rings. The molecule has 1 atom stereocenters. The molecular formula is C43H51NO6. The van der Waals surface area contributed by atoms with Crippen molar-refractivity contribution in [3.8, 4) is 5.75 Å². The van der Waals surface area contributed by atoms with Gasteiger partial charge in [0, 0.05) is 29.2 Å². The summed E-state index contributed by atoms with van der Waals surface area (Å²) in [5, 5.41) is 0. The van der Waals surface area contributed by atoms with Crippen LogP contribution in [-0.2, 0) is 25.5 Å². The molecule has 0 aromatic heterocycles. The zero-order valence-electron chi connectivity index (χ0n) is 29.6. The topological polar surface area (TPSA) is 105 Å². The van der Waals surface area contributed by atoms with Gasteiger partial charge >= 0.3 is 11.9 Å². The van der Waals surface area contributed by atoms with Crippen molar-refractivity contribution < 1.29 is 28.6 Å². The number of unbranched alkanes of at least 4 members (excludes halogenated alkanes) is 7. The Kier molecular flexibility index (Phi) is 15.1. The van der Waals surface area contributed by atoms with Gasteiger partial charge in [-0.05, 0) is 97.9 Å². The number of anilines is 1. The van der Waals surface area contributed by atoms with Crippen LogP contribution in [0, 0.1) is 5.92 Å². The lowest BCUT2D eigenvalue weighted by atomic mass is 9.85. The van der Waals surface area contributed by atoms with E-state index in [0.29, 0.717) is 41.4 Å². The van der Waals surface area contributed by atoms with E-state index in [1.807, 2.05) is 36.4 Å². The van der Waals surface area contributed by atoms with Crippen molar-refractivity contribution in [2.75, 3.05) is 18.9 Å². The predicted octanol–water partition coefficient (Wildman–Crippen LogP) is 9.61. The molecule has 1 unspecified atom stereocenters. The molecule has 0 aliphatic heterocycles. The van der Waals surface area contributed by atoms with E-state index >= 15 is 0 Å². The van der Waals surface area contributed by atoms with E-state index in [-0.39, 0.29) is 24.1 Å². The Morgan fingerprint density at radius 2 is 1.68 bits per heavy atom. The summed E-state index contributed by atoms with van der Waals surface area (Å²) in [7, 11) is 0. The quantitative estimate of drug-likeness (QED) is 0.0372. The molecule has 0 amide bonds. The number of rotatable bonds is 20. The van der Waals surface area contributed by atoms with Gasteiger partial charge in [-0.15, -0.1) is 0 Å². The summed E-state index contributed by atoms with van der Waals surface area (Å²) in [5.41, 5.74) is 11.2. The molecule has 2 aliphatic rings. The molecule has 2 N–H and O–H groups in total. The molecule has 0 spiro atoms. The van der Waals surface area contributed by atoms with Crippen LogP contribution in [0.15, 0.2) is 108 Å². The zero-order valence-corrected chi connectivity index (χ0v) is 29.6. The number of benzene rings is 2. The highest BCUT2D eigenvalue weighted by atomic mass is 16.5. The normalized spacial score (nSPS) is 15.1. The summed E-state index contributed by atoms with van der Waals surface area (Å²) < 4.78 is 16.8. The standard InChI is InChI=1S/C43H51NO6/c1-4-5-6-11-14-32-15-16-36(40(44)27-32)30-41(45)33-19-22-38(23-20-33)50-43(47)37-18-17-35-29-39(24-21-34(35)28-37)48-25-12-9-7-8-10-13-26-49-42(46)31(2)3/h11,14-20,22-24,27-29,34H,2,4-10,12-13,21,25-26,30,44H2,1,3H3/b14-11+. The number of ketones is 1. The number of nitrogens with two attached hydrogens (primary N) is 1. The molecular weight excluding hydrogens is 626 g/mol. The lowest BCUT2D eigenvalue weighted by molar-refractivity contribution is -0.139. The highest BCUT2D eigenvalue weighted by Gasteiger charge is 2.22. The number of ether oxygens (including phenoxy) is 3. The first-order chi connectivity index (χ1) is 24.2. The van der Waals surface area contributed by atoms with Crippen LogP contribution in [0.5, 0.6) is 5.75 Å². The average Bonchev–Trinajstić information content (AvgIpc) is 3.11. The first-order valence-corrected chi connectivity index (χ1v) is 17.9. The largest absolute Gasteiger partial charge is 0.494 e. The molecule has 2 aromatic rings. The van der Waals surface area contributed by atoms with Crippen molar-refractivity contribution in [1.29, 1.82) is 0 Å². The van der Waals surface area contributed by atoms with Crippen molar-refractivity contribution >= 4 is 29.5 Å². The molecule has 7 nitrogen and oxygen atoms in total. The van der Waals surface area contributed by atoms with Gasteiger partial charge in [0.25, 0.3) is 0 Å². The molecule has 0 saturated carbocycles. The van der Waals surface area contributed by atoms with E-state index < -0.39 is 5.97 Å². The minimum Gasteiger partial charge on any atom is -0.494 e. The number of fused-ring (bicyclic) bond motifs is 1. The second kappa shape index (κ2) is 19.9. The minimum atomic E-state index is -0.435. The molecule has 7 heteroatoms. The predicted molar refractivity (Wildman–Crippen MR) is 200 cm³/mol. The number of nitrogen functional groups attached to an aromatic ring is 1. The van der Waals surface area contributed by atoms with Crippen LogP contribution < -0.4 is 10.5 Å². The highest BCUT2D eigenvalue weighted by Crippen LogP contribution is 2.32. The summed E-state index contributed by atoms with van der Waals surface area (Å²) in [5.74, 6) is 0.521. The van der Waals surface area contributed by atoms with Crippen LogP contribution >= 0.6 is 0 Å². The van der Waals surface area contributed by atoms with Crippen LogP contribution in [0.3, 0.4) is 0 Å². The molecule has 0 saturated heterocycles. The van der Waals surface area contributed by atoms with Gasteiger partial charge in [0.15, 0.2) is 5.78 Å². The summed E-state index contributed by atoms with van der Waals surface area (Å²) in [4.78, 5) is 37.3. The summed E-state index contributed by atoms with van der Waals surface area (Å²) in [6, 6.07) is 12.4. The Morgan fingerprint density at radius 3 is 2.40 bits per heavy atom. The highest BCUT2D eigenvalue weighted by molar-refractivity contribution is 5.98. The Labute approximate surface area is 297 Å². The molecule has 50 heavy (non-hydrogen) atoms. The molecule has 0 radical (unpaired) electrons. The summed E-state index contributed by atoms with van der Waals surface area (Å²) in [6.07, 6.45) is 24.5. The van der Waals surface area contributed by atoms with Gasteiger partial charge in [-0.25, -0.2) is 9.59 Å². The molecule has 0 heterocycles. The first-order valence-electron chi connectivity index (χ1n) is 17.9. The second-order valence-corrected chi connectivity index (χ2v) is 13.0. The fraction of sp³-hybridized carbons (Fsp3) is 0.372. The number of carbonyl (C=O) groups excluding carboxylic acids is 3. The fourth-order valence-corrected chi connectivity index (χ4v) is 5.70. The second-order valence-electron chi connectivity index (χ2n) is 13.0. The third kappa shape index (κ3) is 12.2. The van der Waals surface area contributed by atoms with E-state index in [9.17, 15) is 14.4 Å². The van der Waals surface area contributed by atoms with E-state index in [2.05, 4.69) is 31.7 Å². The maximum atomic E-state index is 13.0. The van der Waals surface area contributed by atoms with Gasteiger partial charge in [-0.3, -0.25) is 4.79 Å². The van der Waals surface area contributed by atoms with Crippen LogP contribution in [0.2, 0.25) is 0 Å². The number of hydrogen-bond acceptors (Lipinski definition) is 7. The minimum absolute atomic E-state index is 0.0563. The Hall–Kier alpha value is -4.91. The monoisotopic (exact) mass is 677 g/mol. The Morgan fingerprint density at radius 1 is 0.940 bits per heavy atom. The lowest BCUT2D eigenvalue weighted by Gasteiger charge is -2.23. The number of hydrogen-bond donors (Lipinski definition) is 1. The van der Waals surface area contributed by atoms with Gasteiger partial charge < -0.3 is 19.9 Å². The van der Waals surface area contributed by atoms with Gasteiger partial charge in [0.1, 0.15) is 11.5 Å². The van der Waals surface area contributed by atoms with Gasteiger partial charge in [0.2, 0.25) is 0 Å². The van der Waals surface area contributed by atoms with Crippen LogP contribution in [0.25, 0.3) is 6.08 Å². The average molecular weight is 678 g/mol. The first kappa shape index (κ1) is 37.9. The number of Topliss-reactive ketones (excluding diaryl/α,β-unsaturated/α-hetero) is 1. The van der Waals surface area contributed by atoms with Crippen LogP contribution in [0.4, 0.5) is 5.69 Å². The zero-order chi connectivity index (χ0) is 35.7. The lowest BCUT2D eigenvalue weighted by Crippen LogP contribution is -2.16. The maximum absolute atomic E-state index is 13.0. The van der Waals surface area contributed by atoms with Gasteiger partial charge in [-0.1, -0.05) is 88.5 Å². The fourth-order valence-electron chi connectivity index (χ4n) is 5.70. The number of esters is 2. The van der Waals surface area contributed by atoms with Crippen molar-refractivity contribution in [3.63, 3.8) is 0 Å². The van der Waals surface area contributed by atoms with Crippen molar-refractivity contribution in [3.05, 3.63) is 125 Å². The third-order valence-electron chi connectivity index (χ3n) is 8.71. The molecule has 2 aliphatic carbocycles. The number of allylic oxidation sites excluding steroid dienone is 6. The summed E-state index contributed by atoms with van der Waals surface area (Å²) >= 11 is 0. The van der Waals surface area contributed by atoms with Crippen molar-refractivity contribution in [1.82, 2.24) is 0 Å². The van der Waals surface area contributed by atoms with E-state index in [1.165, 1.54) is 0 Å². The Bertz CT molecular complexity index is 1660. The number of carbonyl (C=O) groups is 3. The van der Waals surface area contributed by atoms with Crippen molar-refractivity contribution in [2.24, 2.45) is 5.92 Å². The van der Waals surface area contributed by atoms with E-state index in [0.717, 1.165) is 86.7 Å². The SMILES string of the molecule is C=C(C)C(=O)OCCCCCCCCOC1=CCC2C=C(C(=O)Oc3ccc(C(=O)Cc4ccc(/C=C/CCCC)cc4N)cc3)C=CC2=C1. The molecule has 4 rings (SSSR count). The summed E-state index contributed by atoms with van der Waals surface area (Å²) in [6.45, 7) is 8.52.